The van der Waals surface area contributed by atoms with Crippen LogP contribution in [0.5, 0.6) is 0 Å². The zero-order chi connectivity index (χ0) is 10.7. The van der Waals surface area contributed by atoms with E-state index >= 15 is 0 Å². The molecule has 0 amide bonds. The van der Waals surface area contributed by atoms with Crippen LogP contribution in [0.4, 0.5) is 0 Å². The van der Waals surface area contributed by atoms with Gasteiger partial charge in [0.05, 0.1) is 0 Å². The lowest BCUT2D eigenvalue weighted by Gasteiger charge is -2.15. The Kier molecular flexibility index (Phi) is 3.02. The highest BCUT2D eigenvalue weighted by molar-refractivity contribution is 5.90. The highest BCUT2D eigenvalue weighted by atomic mass is 16.3. The third-order valence-electron chi connectivity index (χ3n) is 2.89. The molecule has 15 heavy (non-hydrogen) atoms. The van der Waals surface area contributed by atoms with Gasteiger partial charge in [0.15, 0.2) is 0 Å². The van der Waals surface area contributed by atoms with Crippen molar-refractivity contribution in [3.63, 3.8) is 0 Å². The Balaban J connectivity index is 2.27. The van der Waals surface area contributed by atoms with Crippen LogP contribution in [0.25, 0.3) is 0 Å². The first-order valence-corrected chi connectivity index (χ1v) is 5.24. The van der Waals surface area contributed by atoms with Crippen molar-refractivity contribution >= 4 is 5.84 Å². The number of aliphatic hydroxyl groups is 1. The summed E-state index contributed by atoms with van der Waals surface area (Å²) in [6, 6.07) is 10.4. The normalized spacial score (nSPS) is 23.7. The fourth-order valence-corrected chi connectivity index (χ4v) is 2.14. The predicted molar refractivity (Wildman–Crippen MR) is 61.0 cm³/mol. The Morgan fingerprint density at radius 2 is 2.13 bits per heavy atom. The number of hydrogen-bond donors (Lipinski definition) is 1. The van der Waals surface area contributed by atoms with Gasteiger partial charge in [-0.2, -0.15) is 0 Å². The Hall–Kier alpha value is -1.35. The average molecular weight is 204 g/mol. The SMILES string of the molecule is CN1CC[C@H](c2ccccc2)C1=NCO. The maximum atomic E-state index is 8.89. The summed E-state index contributed by atoms with van der Waals surface area (Å²) in [6.07, 6.45) is 1.08. The number of aliphatic hydroxyl groups excluding tert-OH is 1. The van der Waals surface area contributed by atoms with Gasteiger partial charge in [-0.25, -0.2) is 4.99 Å². The predicted octanol–water partition coefficient (Wildman–Crippen LogP) is 1.45. The van der Waals surface area contributed by atoms with Crippen LogP contribution in [0.15, 0.2) is 35.3 Å². The molecule has 2 rings (SSSR count). The van der Waals surface area contributed by atoms with Crippen LogP contribution in [-0.4, -0.2) is 36.2 Å². The van der Waals surface area contributed by atoms with Gasteiger partial charge in [0.2, 0.25) is 0 Å². The first-order chi connectivity index (χ1) is 7.33. The lowest BCUT2D eigenvalue weighted by molar-refractivity contribution is 0.307. The van der Waals surface area contributed by atoms with Crippen LogP contribution in [0, 0.1) is 0 Å². The van der Waals surface area contributed by atoms with Gasteiger partial charge in [-0.05, 0) is 12.0 Å². The maximum Gasteiger partial charge on any atom is 0.136 e. The molecule has 0 spiro atoms. The summed E-state index contributed by atoms with van der Waals surface area (Å²) in [4.78, 5) is 6.28. The van der Waals surface area contributed by atoms with E-state index < -0.39 is 0 Å². The van der Waals surface area contributed by atoms with Crippen LogP contribution in [0.2, 0.25) is 0 Å². The second-order valence-corrected chi connectivity index (χ2v) is 3.83. The molecular formula is C12H16N2O. The fourth-order valence-electron chi connectivity index (χ4n) is 2.14. The van der Waals surface area contributed by atoms with Crippen molar-refractivity contribution in [2.45, 2.75) is 12.3 Å². The summed E-state index contributed by atoms with van der Waals surface area (Å²) in [5, 5.41) is 8.89. The van der Waals surface area contributed by atoms with Crippen molar-refractivity contribution in [3.05, 3.63) is 35.9 Å². The number of amidine groups is 1. The monoisotopic (exact) mass is 204 g/mol. The topological polar surface area (TPSA) is 35.8 Å². The van der Waals surface area contributed by atoms with Crippen molar-refractivity contribution in [1.29, 1.82) is 0 Å². The minimum Gasteiger partial charge on any atom is -0.374 e. The van der Waals surface area contributed by atoms with Crippen molar-refractivity contribution in [1.82, 2.24) is 4.90 Å². The number of likely N-dealkylation sites (tertiary alicyclic amines) is 1. The summed E-state index contributed by atoms with van der Waals surface area (Å²) in [6.45, 7) is 0.890. The van der Waals surface area contributed by atoms with E-state index in [0.29, 0.717) is 5.92 Å². The Morgan fingerprint density at radius 1 is 1.40 bits per heavy atom. The molecule has 1 aliphatic rings. The first kappa shape index (κ1) is 10.2. The van der Waals surface area contributed by atoms with Gasteiger partial charge in [-0.3, -0.25) is 0 Å². The Labute approximate surface area is 90.1 Å². The molecule has 1 heterocycles. The van der Waals surface area contributed by atoms with Gasteiger partial charge in [0, 0.05) is 19.5 Å². The number of hydrogen-bond acceptors (Lipinski definition) is 2. The van der Waals surface area contributed by atoms with Crippen LogP contribution in [-0.2, 0) is 0 Å². The lowest BCUT2D eigenvalue weighted by Crippen LogP contribution is -2.22. The number of nitrogens with zero attached hydrogens (tertiary/aromatic N) is 2. The molecule has 0 saturated carbocycles. The van der Waals surface area contributed by atoms with Crippen molar-refractivity contribution < 1.29 is 5.11 Å². The number of benzene rings is 1. The highest BCUT2D eigenvalue weighted by Gasteiger charge is 2.27. The van der Waals surface area contributed by atoms with Crippen LogP contribution < -0.4 is 0 Å². The number of rotatable bonds is 2. The molecule has 3 heteroatoms. The van der Waals surface area contributed by atoms with Crippen molar-refractivity contribution in [2.24, 2.45) is 4.99 Å². The highest BCUT2D eigenvalue weighted by Crippen LogP contribution is 2.28. The molecule has 0 aromatic heterocycles. The summed E-state index contributed by atoms with van der Waals surface area (Å²) >= 11 is 0. The van der Waals surface area contributed by atoms with Crippen LogP contribution in [0.3, 0.4) is 0 Å². The van der Waals surface area contributed by atoms with Gasteiger partial charge < -0.3 is 10.0 Å². The number of likely N-dealkylation sites (N-methyl/N-ethyl adjacent to an activating group) is 1. The van der Waals surface area contributed by atoms with E-state index in [2.05, 4.69) is 22.0 Å². The molecule has 1 N–H and O–H groups in total. The third kappa shape index (κ3) is 2.02. The molecule has 1 saturated heterocycles. The van der Waals surface area contributed by atoms with Gasteiger partial charge in [0.1, 0.15) is 12.6 Å². The zero-order valence-corrected chi connectivity index (χ0v) is 8.93. The minimum absolute atomic E-state index is 0.122. The van der Waals surface area contributed by atoms with Crippen molar-refractivity contribution in [3.8, 4) is 0 Å². The fraction of sp³-hybridized carbons (Fsp3) is 0.417. The molecule has 0 unspecified atom stereocenters. The third-order valence-corrected chi connectivity index (χ3v) is 2.89. The summed E-state index contributed by atoms with van der Waals surface area (Å²) in [5.74, 6) is 1.35. The van der Waals surface area contributed by atoms with E-state index in [4.69, 9.17) is 5.11 Å². The van der Waals surface area contributed by atoms with Gasteiger partial charge in [-0.15, -0.1) is 0 Å². The zero-order valence-electron chi connectivity index (χ0n) is 8.93. The molecule has 80 valence electrons. The van der Waals surface area contributed by atoms with E-state index in [1.807, 2.05) is 25.2 Å². The molecule has 1 atom stereocenters. The quantitative estimate of drug-likeness (QED) is 0.791. The van der Waals surface area contributed by atoms with E-state index in [1.165, 1.54) is 5.56 Å². The molecular weight excluding hydrogens is 188 g/mol. The molecule has 0 aliphatic carbocycles. The molecule has 1 aromatic rings. The molecule has 1 aliphatic heterocycles. The largest absolute Gasteiger partial charge is 0.374 e. The lowest BCUT2D eigenvalue weighted by atomic mass is 9.97. The van der Waals surface area contributed by atoms with Crippen molar-refractivity contribution in [2.75, 3.05) is 20.3 Å². The standard InChI is InChI=1S/C12H16N2O/c1-14-8-7-11(12(14)13-9-15)10-5-3-2-4-6-10/h2-6,11,15H,7-9H2,1H3/t11-/m1/s1. The first-order valence-electron chi connectivity index (χ1n) is 5.24. The van der Waals surface area contributed by atoms with Gasteiger partial charge >= 0.3 is 0 Å². The van der Waals surface area contributed by atoms with Gasteiger partial charge in [-0.1, -0.05) is 30.3 Å². The second-order valence-electron chi connectivity index (χ2n) is 3.83. The molecule has 1 aromatic carbocycles. The molecule has 0 bridgehead atoms. The van der Waals surface area contributed by atoms with E-state index in [-0.39, 0.29) is 6.73 Å². The smallest absolute Gasteiger partial charge is 0.136 e. The van der Waals surface area contributed by atoms with Crippen LogP contribution >= 0.6 is 0 Å². The Bertz CT molecular complexity index is 348. The maximum absolute atomic E-state index is 8.89. The molecule has 0 radical (unpaired) electrons. The van der Waals surface area contributed by atoms with Gasteiger partial charge in [0.25, 0.3) is 0 Å². The summed E-state index contributed by atoms with van der Waals surface area (Å²) in [7, 11) is 2.03. The van der Waals surface area contributed by atoms with E-state index in [0.717, 1.165) is 18.8 Å². The Morgan fingerprint density at radius 3 is 2.80 bits per heavy atom. The summed E-state index contributed by atoms with van der Waals surface area (Å²) in [5.41, 5.74) is 1.29. The van der Waals surface area contributed by atoms with Crippen LogP contribution in [0.1, 0.15) is 17.9 Å². The molecule has 3 nitrogen and oxygen atoms in total. The summed E-state index contributed by atoms with van der Waals surface area (Å²) < 4.78 is 0. The van der Waals surface area contributed by atoms with E-state index in [1.54, 1.807) is 0 Å². The average Bonchev–Trinajstić information content (AvgIpc) is 2.63. The number of aliphatic imine (C=N–C) groups is 1. The van der Waals surface area contributed by atoms with E-state index in [9.17, 15) is 0 Å². The second kappa shape index (κ2) is 4.45. The minimum atomic E-state index is -0.122. The molecule has 1 fully saturated rings.